The number of rotatable bonds is 5. The molecule has 19 heavy (non-hydrogen) atoms. The predicted molar refractivity (Wildman–Crippen MR) is 64.3 cm³/mol. The molecule has 0 saturated heterocycles. The minimum atomic E-state index is -4.01. The van der Waals surface area contributed by atoms with E-state index in [1.165, 1.54) is 6.92 Å². The van der Waals surface area contributed by atoms with Gasteiger partial charge in [0.15, 0.2) is 5.82 Å². The lowest BCUT2D eigenvalue weighted by molar-refractivity contribution is 0.0686. The molecule has 0 amide bonds. The third-order valence-electron chi connectivity index (χ3n) is 2.39. The maximum Gasteiger partial charge on any atom is 0.341 e. The molecule has 6 nitrogen and oxygen atoms in total. The topological polar surface area (TPSA) is 86.7 Å². The quantitative estimate of drug-likeness (QED) is 0.846. The van der Waals surface area contributed by atoms with Crippen LogP contribution in [0.2, 0.25) is 0 Å². The molecule has 0 unspecified atom stereocenters. The van der Waals surface area contributed by atoms with Crippen molar-refractivity contribution in [2.75, 3.05) is 17.9 Å². The largest absolute Gasteiger partial charge is 0.477 e. The van der Waals surface area contributed by atoms with Crippen molar-refractivity contribution in [1.29, 1.82) is 0 Å². The zero-order valence-corrected chi connectivity index (χ0v) is 11.0. The first-order chi connectivity index (χ1) is 8.76. The van der Waals surface area contributed by atoms with Crippen molar-refractivity contribution < 1.29 is 27.1 Å². The van der Waals surface area contributed by atoms with Crippen LogP contribution in [-0.4, -0.2) is 33.1 Å². The average Bonchev–Trinajstić information content (AvgIpc) is 2.32. The van der Waals surface area contributed by atoms with Crippen LogP contribution in [0, 0.1) is 11.6 Å². The number of anilines is 1. The van der Waals surface area contributed by atoms with Gasteiger partial charge in [0.25, 0.3) is 0 Å². The van der Waals surface area contributed by atoms with Gasteiger partial charge < -0.3 is 5.11 Å². The average molecular weight is 294 g/mol. The van der Waals surface area contributed by atoms with E-state index in [2.05, 4.69) is 0 Å². The normalized spacial score (nSPS) is 11.4. The van der Waals surface area contributed by atoms with Crippen molar-refractivity contribution in [3.63, 3.8) is 0 Å². The maximum atomic E-state index is 13.9. The van der Waals surface area contributed by atoms with Gasteiger partial charge in [-0.15, -0.1) is 0 Å². The van der Waals surface area contributed by atoms with Crippen molar-refractivity contribution in [2.45, 2.75) is 6.92 Å². The highest BCUT2D eigenvalue weighted by molar-refractivity contribution is 7.90. The van der Waals surface area contributed by atoms with E-state index >= 15 is 0 Å². The molecule has 0 bridgehead atoms. The second-order valence-corrected chi connectivity index (χ2v) is 5.23. The van der Waals surface area contributed by atoms with Gasteiger partial charge >= 0.3 is 16.2 Å². The van der Waals surface area contributed by atoms with Gasteiger partial charge in [-0.3, -0.25) is 4.31 Å². The number of benzene rings is 1. The molecular weight excluding hydrogens is 282 g/mol. The molecule has 0 radical (unpaired) electrons. The van der Waals surface area contributed by atoms with Crippen LogP contribution in [0.4, 0.5) is 14.5 Å². The molecule has 1 aromatic rings. The molecular formula is C10H12F2N2O4S. The molecule has 1 aromatic carbocycles. The molecule has 0 aliphatic heterocycles. The summed E-state index contributed by atoms with van der Waals surface area (Å²) in [6.45, 7) is 1.28. The fourth-order valence-electron chi connectivity index (χ4n) is 1.51. The van der Waals surface area contributed by atoms with E-state index in [1.807, 2.05) is 4.72 Å². The van der Waals surface area contributed by atoms with Crippen molar-refractivity contribution in [2.24, 2.45) is 0 Å². The van der Waals surface area contributed by atoms with Crippen LogP contribution < -0.4 is 9.03 Å². The second kappa shape index (κ2) is 5.49. The summed E-state index contributed by atoms with van der Waals surface area (Å²) in [5.41, 5.74) is -1.72. The summed E-state index contributed by atoms with van der Waals surface area (Å²) in [6, 6.07) is 1.57. The van der Waals surface area contributed by atoms with Gasteiger partial charge in [0.1, 0.15) is 11.4 Å². The first kappa shape index (κ1) is 15.3. The Labute approximate surface area is 108 Å². The SMILES string of the molecule is CCN(c1ccc(F)c(C(=O)O)c1F)S(=O)(=O)NC. The number of halogens is 2. The number of carbonyl (C=O) groups is 1. The minimum Gasteiger partial charge on any atom is -0.477 e. The number of hydrogen-bond acceptors (Lipinski definition) is 3. The number of hydrogen-bond donors (Lipinski definition) is 2. The maximum absolute atomic E-state index is 13.9. The van der Waals surface area contributed by atoms with E-state index in [0.29, 0.717) is 10.4 Å². The van der Waals surface area contributed by atoms with Crippen LogP contribution >= 0.6 is 0 Å². The second-order valence-electron chi connectivity index (χ2n) is 3.43. The van der Waals surface area contributed by atoms with Gasteiger partial charge in [-0.05, 0) is 19.1 Å². The molecule has 1 rings (SSSR count). The molecule has 0 heterocycles. The Bertz CT molecular complexity index is 604. The highest BCUT2D eigenvalue weighted by atomic mass is 32.2. The van der Waals surface area contributed by atoms with E-state index in [1.54, 1.807) is 0 Å². The van der Waals surface area contributed by atoms with Gasteiger partial charge in [0.2, 0.25) is 0 Å². The first-order valence-electron chi connectivity index (χ1n) is 5.18. The molecule has 0 fully saturated rings. The monoisotopic (exact) mass is 294 g/mol. The fourth-order valence-corrected chi connectivity index (χ4v) is 2.47. The Morgan fingerprint density at radius 1 is 1.42 bits per heavy atom. The summed E-state index contributed by atoms with van der Waals surface area (Å²) in [7, 11) is -2.89. The number of carboxylic acids is 1. The third kappa shape index (κ3) is 2.82. The summed E-state index contributed by atoms with van der Waals surface area (Å²) < 4.78 is 53.0. The lowest BCUT2D eigenvalue weighted by atomic mass is 10.1. The van der Waals surface area contributed by atoms with E-state index in [0.717, 1.165) is 13.1 Å². The van der Waals surface area contributed by atoms with Gasteiger partial charge in [-0.1, -0.05) is 0 Å². The molecule has 106 valence electrons. The summed E-state index contributed by atoms with van der Waals surface area (Å²) >= 11 is 0. The summed E-state index contributed by atoms with van der Waals surface area (Å²) in [6.07, 6.45) is 0. The van der Waals surface area contributed by atoms with Gasteiger partial charge in [-0.25, -0.2) is 18.3 Å². The Morgan fingerprint density at radius 3 is 2.42 bits per heavy atom. The molecule has 0 aliphatic carbocycles. The lowest BCUT2D eigenvalue weighted by Crippen LogP contribution is -2.39. The molecule has 0 atom stereocenters. The van der Waals surface area contributed by atoms with Crippen LogP contribution in [-0.2, 0) is 10.2 Å². The van der Waals surface area contributed by atoms with E-state index in [9.17, 15) is 22.0 Å². The molecule has 0 aromatic heterocycles. The molecule has 0 spiro atoms. The summed E-state index contributed by atoms with van der Waals surface area (Å²) in [5, 5.41) is 8.72. The van der Waals surface area contributed by atoms with Crippen LogP contribution in [0.1, 0.15) is 17.3 Å². The van der Waals surface area contributed by atoms with Crippen molar-refractivity contribution in [3.05, 3.63) is 29.3 Å². The van der Waals surface area contributed by atoms with E-state index < -0.39 is 39.1 Å². The summed E-state index contributed by atoms with van der Waals surface area (Å²) in [5.74, 6) is -4.52. The standard InChI is InChI=1S/C10H12F2N2O4S/c1-3-14(19(17,18)13-2)7-5-4-6(11)8(9(7)12)10(15)16/h4-5,13H,3H2,1-2H3,(H,15,16). The smallest absolute Gasteiger partial charge is 0.341 e. The number of nitrogens with zero attached hydrogens (tertiary/aromatic N) is 1. The third-order valence-corrected chi connectivity index (χ3v) is 3.94. The first-order valence-corrected chi connectivity index (χ1v) is 6.62. The zero-order valence-electron chi connectivity index (χ0n) is 10.1. The van der Waals surface area contributed by atoms with Gasteiger partial charge in [0, 0.05) is 13.6 Å². The minimum absolute atomic E-state index is 0.148. The number of carboxylic acid groups (broad SMARTS) is 1. The van der Waals surface area contributed by atoms with Crippen LogP contribution in [0.3, 0.4) is 0 Å². The molecule has 2 N–H and O–H groups in total. The van der Waals surface area contributed by atoms with Gasteiger partial charge in [0.05, 0.1) is 5.69 Å². The molecule has 9 heteroatoms. The summed E-state index contributed by atoms with van der Waals surface area (Å²) in [4.78, 5) is 10.8. The Morgan fingerprint density at radius 2 is 2.00 bits per heavy atom. The van der Waals surface area contributed by atoms with Crippen molar-refractivity contribution >= 4 is 21.9 Å². The Balaban J connectivity index is 3.52. The molecule has 0 aliphatic rings. The number of nitrogens with one attached hydrogen (secondary N) is 1. The van der Waals surface area contributed by atoms with Crippen molar-refractivity contribution in [3.8, 4) is 0 Å². The van der Waals surface area contributed by atoms with E-state index in [4.69, 9.17) is 5.11 Å². The zero-order chi connectivity index (χ0) is 14.8. The molecule has 0 saturated carbocycles. The highest BCUT2D eigenvalue weighted by Gasteiger charge is 2.27. The highest BCUT2D eigenvalue weighted by Crippen LogP contribution is 2.26. The Hall–Kier alpha value is -1.74. The number of aromatic carboxylic acids is 1. The predicted octanol–water partition coefficient (Wildman–Crippen LogP) is 0.954. The van der Waals surface area contributed by atoms with Crippen LogP contribution in [0.15, 0.2) is 12.1 Å². The van der Waals surface area contributed by atoms with Gasteiger partial charge in [-0.2, -0.15) is 8.42 Å². The Kier molecular flexibility index (Phi) is 4.43. The fraction of sp³-hybridized carbons (Fsp3) is 0.300. The van der Waals surface area contributed by atoms with Crippen LogP contribution in [0.25, 0.3) is 0 Å². The lowest BCUT2D eigenvalue weighted by Gasteiger charge is -2.23. The van der Waals surface area contributed by atoms with Crippen molar-refractivity contribution in [1.82, 2.24) is 4.72 Å². The van der Waals surface area contributed by atoms with Crippen LogP contribution in [0.5, 0.6) is 0 Å². The van der Waals surface area contributed by atoms with E-state index in [-0.39, 0.29) is 6.54 Å².